The first-order valence-electron chi connectivity index (χ1n) is 10.1. The van der Waals surface area contributed by atoms with Gasteiger partial charge in [-0.25, -0.2) is 0 Å². The first-order valence-corrected chi connectivity index (χ1v) is 10.1. The molecule has 0 radical (unpaired) electrons. The van der Waals surface area contributed by atoms with Crippen LogP contribution in [-0.2, 0) is 9.53 Å². The van der Waals surface area contributed by atoms with Crippen LogP contribution in [0.5, 0.6) is 5.75 Å². The van der Waals surface area contributed by atoms with Crippen LogP contribution in [0.2, 0.25) is 0 Å². The maximum atomic E-state index is 11.1. The van der Waals surface area contributed by atoms with Crippen LogP contribution in [0.4, 0.5) is 0 Å². The van der Waals surface area contributed by atoms with Gasteiger partial charge in [-0.1, -0.05) is 42.5 Å². The number of unbranched alkanes of at least 4 members (excludes halogenated alkanes) is 1. The zero-order chi connectivity index (χ0) is 21.1. The van der Waals surface area contributed by atoms with Gasteiger partial charge in [-0.3, -0.25) is 4.79 Å². The van der Waals surface area contributed by atoms with E-state index in [1.807, 2.05) is 42.5 Å². The second-order valence-electron chi connectivity index (χ2n) is 7.36. The van der Waals surface area contributed by atoms with Crippen molar-refractivity contribution in [3.8, 4) is 5.75 Å². The SMILES string of the molecule is COC(=O)CCC/C=C\C[C@H]1[C@@H](/C=C/[C@H](O)COc2ccccc2)[C@H](O)C[C@@H]1O. The van der Waals surface area contributed by atoms with E-state index in [1.165, 1.54) is 7.11 Å². The van der Waals surface area contributed by atoms with Crippen molar-refractivity contribution in [2.24, 2.45) is 11.8 Å². The third-order valence-electron chi connectivity index (χ3n) is 5.19. The maximum absolute atomic E-state index is 11.1. The van der Waals surface area contributed by atoms with Crippen LogP contribution < -0.4 is 4.74 Å². The van der Waals surface area contributed by atoms with Crippen molar-refractivity contribution in [1.82, 2.24) is 0 Å². The standard InChI is InChI=1S/C23H32O6/c1-28-23(27)12-8-3-2-7-11-19-20(22(26)15-21(19)25)14-13-17(24)16-29-18-9-5-4-6-10-18/h2,4-7,9-10,13-14,17,19-22,24-26H,3,8,11-12,15-16H2,1H3/b7-2-,14-13+/t17-,19-,20+,21-,22+/m0/s1. The van der Waals surface area contributed by atoms with Gasteiger partial charge in [0.1, 0.15) is 18.5 Å². The Kier molecular flexibility index (Phi) is 9.91. The minimum atomic E-state index is -0.797. The monoisotopic (exact) mass is 404 g/mol. The fourth-order valence-corrected chi connectivity index (χ4v) is 3.55. The predicted molar refractivity (Wildman–Crippen MR) is 110 cm³/mol. The fourth-order valence-electron chi connectivity index (χ4n) is 3.55. The summed E-state index contributed by atoms with van der Waals surface area (Å²) >= 11 is 0. The van der Waals surface area contributed by atoms with E-state index in [1.54, 1.807) is 12.2 Å². The second kappa shape index (κ2) is 12.4. The van der Waals surface area contributed by atoms with Crippen molar-refractivity contribution in [3.63, 3.8) is 0 Å². The maximum Gasteiger partial charge on any atom is 0.305 e. The van der Waals surface area contributed by atoms with Gasteiger partial charge in [0.05, 0.1) is 19.3 Å². The Balaban J connectivity index is 1.80. The molecule has 0 amide bonds. The number of carbonyl (C=O) groups excluding carboxylic acids is 1. The largest absolute Gasteiger partial charge is 0.491 e. The van der Waals surface area contributed by atoms with Gasteiger partial charge in [0, 0.05) is 18.8 Å². The third kappa shape index (κ3) is 8.01. The van der Waals surface area contributed by atoms with Crippen LogP contribution in [0.15, 0.2) is 54.6 Å². The van der Waals surface area contributed by atoms with Crippen molar-refractivity contribution < 1.29 is 29.6 Å². The van der Waals surface area contributed by atoms with Gasteiger partial charge in [0.25, 0.3) is 0 Å². The van der Waals surface area contributed by atoms with E-state index in [0.29, 0.717) is 25.0 Å². The zero-order valence-corrected chi connectivity index (χ0v) is 16.9. The number of ether oxygens (including phenoxy) is 2. The number of allylic oxidation sites excluding steroid dienone is 2. The highest BCUT2D eigenvalue weighted by Gasteiger charge is 2.39. The quantitative estimate of drug-likeness (QED) is 0.298. The molecule has 0 bridgehead atoms. The van der Waals surface area contributed by atoms with Crippen LogP contribution in [0.25, 0.3) is 0 Å². The third-order valence-corrected chi connectivity index (χ3v) is 5.19. The summed E-state index contributed by atoms with van der Waals surface area (Å²) in [5.74, 6) is 0.135. The Hall–Kier alpha value is -2.15. The molecule has 1 saturated carbocycles. The average Bonchev–Trinajstić information content (AvgIpc) is 3.00. The van der Waals surface area contributed by atoms with Gasteiger partial charge >= 0.3 is 5.97 Å². The molecule has 5 atom stereocenters. The van der Waals surface area contributed by atoms with Gasteiger partial charge in [0.2, 0.25) is 0 Å². The lowest BCUT2D eigenvalue weighted by Crippen LogP contribution is -2.21. The molecule has 0 aliphatic heterocycles. The van der Waals surface area contributed by atoms with Gasteiger partial charge < -0.3 is 24.8 Å². The molecule has 0 aromatic heterocycles. The molecule has 1 aliphatic rings. The molecule has 6 heteroatoms. The van der Waals surface area contributed by atoms with E-state index < -0.39 is 18.3 Å². The molecule has 1 fully saturated rings. The minimum absolute atomic E-state index is 0.111. The predicted octanol–water partition coefficient (Wildman–Crippen LogP) is 2.63. The van der Waals surface area contributed by atoms with E-state index in [4.69, 9.17) is 4.74 Å². The summed E-state index contributed by atoms with van der Waals surface area (Å²) in [5.41, 5.74) is 0. The van der Waals surface area contributed by atoms with Crippen LogP contribution in [0.1, 0.15) is 32.1 Å². The lowest BCUT2D eigenvalue weighted by atomic mass is 9.89. The molecule has 0 spiro atoms. The Morgan fingerprint density at radius 1 is 1.21 bits per heavy atom. The highest BCUT2D eigenvalue weighted by Crippen LogP contribution is 2.36. The highest BCUT2D eigenvalue weighted by molar-refractivity contribution is 5.69. The summed E-state index contributed by atoms with van der Waals surface area (Å²) < 4.78 is 10.1. The minimum Gasteiger partial charge on any atom is -0.491 e. The number of benzene rings is 1. The number of para-hydroxylation sites is 1. The van der Waals surface area contributed by atoms with Crippen molar-refractivity contribution >= 4 is 5.97 Å². The highest BCUT2D eigenvalue weighted by atomic mass is 16.5. The second-order valence-corrected chi connectivity index (χ2v) is 7.36. The summed E-state index contributed by atoms with van der Waals surface area (Å²) in [5, 5.41) is 30.7. The lowest BCUT2D eigenvalue weighted by Gasteiger charge is -2.19. The molecule has 0 heterocycles. The topological polar surface area (TPSA) is 96.2 Å². The van der Waals surface area contributed by atoms with Crippen molar-refractivity contribution in [2.75, 3.05) is 13.7 Å². The summed E-state index contributed by atoms with van der Waals surface area (Å²) in [7, 11) is 1.38. The smallest absolute Gasteiger partial charge is 0.305 e. The number of methoxy groups -OCH3 is 1. The van der Waals surface area contributed by atoms with E-state index in [0.717, 1.165) is 12.8 Å². The van der Waals surface area contributed by atoms with Gasteiger partial charge in [0.15, 0.2) is 0 Å². The zero-order valence-electron chi connectivity index (χ0n) is 16.9. The number of aliphatic hydroxyl groups is 3. The number of rotatable bonds is 11. The van der Waals surface area contributed by atoms with Gasteiger partial charge in [-0.05, 0) is 37.3 Å². The van der Waals surface area contributed by atoms with Crippen molar-refractivity contribution in [3.05, 3.63) is 54.6 Å². The molecule has 0 unspecified atom stereocenters. The van der Waals surface area contributed by atoms with Crippen molar-refractivity contribution in [1.29, 1.82) is 0 Å². The molecule has 1 aromatic carbocycles. The fraction of sp³-hybridized carbons (Fsp3) is 0.522. The molecule has 1 aromatic rings. The molecule has 1 aliphatic carbocycles. The van der Waals surface area contributed by atoms with E-state index >= 15 is 0 Å². The van der Waals surface area contributed by atoms with E-state index in [9.17, 15) is 20.1 Å². The normalized spacial score (nSPS) is 25.5. The van der Waals surface area contributed by atoms with Crippen LogP contribution in [0.3, 0.4) is 0 Å². The molecule has 0 saturated heterocycles. The Morgan fingerprint density at radius 3 is 2.69 bits per heavy atom. The summed E-state index contributed by atoms with van der Waals surface area (Å²) in [6, 6.07) is 9.26. The summed E-state index contributed by atoms with van der Waals surface area (Å²) in [4.78, 5) is 11.1. The molecular weight excluding hydrogens is 372 g/mol. The van der Waals surface area contributed by atoms with Crippen LogP contribution in [0, 0.1) is 11.8 Å². The number of carbonyl (C=O) groups is 1. The summed E-state index contributed by atoms with van der Waals surface area (Å²) in [6.07, 6.45) is 8.19. The number of aliphatic hydroxyl groups excluding tert-OH is 3. The number of hydrogen-bond acceptors (Lipinski definition) is 6. The molecular formula is C23H32O6. The molecule has 29 heavy (non-hydrogen) atoms. The Morgan fingerprint density at radius 2 is 1.97 bits per heavy atom. The van der Waals surface area contributed by atoms with Gasteiger partial charge in [-0.15, -0.1) is 0 Å². The molecule has 3 N–H and O–H groups in total. The first kappa shape index (κ1) is 23.1. The van der Waals surface area contributed by atoms with Crippen molar-refractivity contribution in [2.45, 2.75) is 50.4 Å². The lowest BCUT2D eigenvalue weighted by molar-refractivity contribution is -0.140. The number of esters is 1. The number of hydrogen-bond donors (Lipinski definition) is 3. The molecule has 160 valence electrons. The van der Waals surface area contributed by atoms with E-state index in [2.05, 4.69) is 4.74 Å². The van der Waals surface area contributed by atoms with E-state index in [-0.39, 0.29) is 24.4 Å². The first-order chi connectivity index (χ1) is 14.0. The summed E-state index contributed by atoms with van der Waals surface area (Å²) in [6.45, 7) is 0.122. The molecule has 2 rings (SSSR count). The molecule has 6 nitrogen and oxygen atoms in total. The van der Waals surface area contributed by atoms with Crippen LogP contribution in [-0.4, -0.2) is 53.3 Å². The Labute approximate surface area is 172 Å². The van der Waals surface area contributed by atoms with Crippen LogP contribution >= 0.6 is 0 Å². The van der Waals surface area contributed by atoms with Gasteiger partial charge in [-0.2, -0.15) is 0 Å². The Bertz CT molecular complexity index is 657. The average molecular weight is 405 g/mol.